The molecule has 0 spiro atoms. The van der Waals surface area contributed by atoms with Gasteiger partial charge in [-0.15, -0.1) is 0 Å². The minimum absolute atomic E-state index is 0.161. The Morgan fingerprint density at radius 2 is 2.17 bits per heavy atom. The van der Waals surface area contributed by atoms with Crippen molar-refractivity contribution in [3.63, 3.8) is 0 Å². The molecule has 0 N–H and O–H groups in total. The molecule has 0 saturated carbocycles. The first kappa shape index (κ1) is 15.6. The smallest absolute Gasteiger partial charge is 0.219 e. The van der Waals surface area contributed by atoms with Crippen LogP contribution < -0.4 is 0 Å². The summed E-state index contributed by atoms with van der Waals surface area (Å²) < 4.78 is 1.92. The Labute approximate surface area is 136 Å². The summed E-state index contributed by atoms with van der Waals surface area (Å²) in [6.45, 7) is 7.51. The van der Waals surface area contributed by atoms with Crippen molar-refractivity contribution in [3.8, 4) is 11.3 Å². The summed E-state index contributed by atoms with van der Waals surface area (Å²) >= 11 is 0. The fraction of sp³-hybridized carbons (Fsp3) is 0.529. The Hall–Kier alpha value is -2.24. The van der Waals surface area contributed by atoms with Crippen LogP contribution in [-0.2, 0) is 11.2 Å². The highest BCUT2D eigenvalue weighted by Gasteiger charge is 2.24. The largest absolute Gasteiger partial charge is 0.343 e. The summed E-state index contributed by atoms with van der Waals surface area (Å²) in [5.41, 5.74) is 2.83. The molecular formula is C17H23N5O. The van der Waals surface area contributed by atoms with Crippen LogP contribution >= 0.6 is 0 Å². The summed E-state index contributed by atoms with van der Waals surface area (Å²) in [5.74, 6) is 0.635. The summed E-state index contributed by atoms with van der Waals surface area (Å²) in [5, 5.41) is 4.36. The number of likely N-dealkylation sites (tertiary alicyclic amines) is 1. The highest BCUT2D eigenvalue weighted by atomic mass is 16.2. The first-order valence-electron chi connectivity index (χ1n) is 8.14. The van der Waals surface area contributed by atoms with Gasteiger partial charge in [0.25, 0.3) is 0 Å². The van der Waals surface area contributed by atoms with Crippen LogP contribution in [0.4, 0.5) is 0 Å². The second-order valence-corrected chi connectivity index (χ2v) is 6.52. The lowest BCUT2D eigenvalue weighted by atomic mass is 10.0. The van der Waals surface area contributed by atoms with Crippen molar-refractivity contribution in [2.75, 3.05) is 13.1 Å². The Bertz CT molecular complexity index is 694. The molecule has 3 heterocycles. The third kappa shape index (κ3) is 3.57. The SMILES string of the molecule is CC(=O)N1CC[C@@H](Cc2cncc(-c3cnn(C(C)C)c3)n2)C1. The third-order valence-corrected chi connectivity index (χ3v) is 4.34. The van der Waals surface area contributed by atoms with Gasteiger partial charge in [-0.25, -0.2) is 4.98 Å². The Morgan fingerprint density at radius 1 is 1.35 bits per heavy atom. The van der Waals surface area contributed by atoms with E-state index in [1.807, 2.05) is 28.2 Å². The van der Waals surface area contributed by atoms with Gasteiger partial charge in [-0.1, -0.05) is 0 Å². The summed E-state index contributed by atoms with van der Waals surface area (Å²) in [6, 6.07) is 0.330. The van der Waals surface area contributed by atoms with Gasteiger partial charge in [0.05, 0.1) is 23.8 Å². The molecule has 3 rings (SSSR count). The van der Waals surface area contributed by atoms with Crippen molar-refractivity contribution in [3.05, 3.63) is 30.5 Å². The van der Waals surface area contributed by atoms with Crippen molar-refractivity contribution in [2.45, 2.75) is 39.7 Å². The van der Waals surface area contributed by atoms with Crippen molar-refractivity contribution < 1.29 is 4.79 Å². The molecule has 0 aliphatic carbocycles. The minimum Gasteiger partial charge on any atom is -0.343 e. The molecule has 0 radical (unpaired) electrons. The molecular weight excluding hydrogens is 290 g/mol. The minimum atomic E-state index is 0.161. The van der Waals surface area contributed by atoms with E-state index in [1.54, 1.807) is 13.1 Å². The van der Waals surface area contributed by atoms with Crippen LogP contribution in [0.5, 0.6) is 0 Å². The Kier molecular flexibility index (Phi) is 4.41. The predicted octanol–water partition coefficient (Wildman–Crippen LogP) is 2.33. The van der Waals surface area contributed by atoms with E-state index in [9.17, 15) is 4.79 Å². The van der Waals surface area contributed by atoms with Crippen LogP contribution in [0.1, 0.15) is 38.9 Å². The molecule has 23 heavy (non-hydrogen) atoms. The van der Waals surface area contributed by atoms with E-state index in [0.717, 1.165) is 42.9 Å². The summed E-state index contributed by atoms with van der Waals surface area (Å²) in [6.07, 6.45) is 9.35. The lowest BCUT2D eigenvalue weighted by Gasteiger charge is -2.13. The first-order valence-corrected chi connectivity index (χ1v) is 8.14. The number of rotatable bonds is 4. The van der Waals surface area contributed by atoms with Crippen molar-refractivity contribution in [2.24, 2.45) is 5.92 Å². The van der Waals surface area contributed by atoms with Crippen LogP contribution in [0, 0.1) is 5.92 Å². The molecule has 1 amide bonds. The van der Waals surface area contributed by atoms with Gasteiger partial charge < -0.3 is 4.90 Å². The molecule has 1 aliphatic heterocycles. The number of hydrogen-bond acceptors (Lipinski definition) is 4. The van der Waals surface area contributed by atoms with Gasteiger partial charge in [-0.05, 0) is 32.6 Å². The second kappa shape index (κ2) is 6.48. The van der Waals surface area contributed by atoms with E-state index < -0.39 is 0 Å². The van der Waals surface area contributed by atoms with Gasteiger partial charge in [-0.3, -0.25) is 14.5 Å². The quantitative estimate of drug-likeness (QED) is 0.869. The average Bonchev–Trinajstić information content (AvgIpc) is 3.16. The van der Waals surface area contributed by atoms with Gasteiger partial charge in [0, 0.05) is 44.0 Å². The van der Waals surface area contributed by atoms with Gasteiger partial charge in [0.2, 0.25) is 5.91 Å². The van der Waals surface area contributed by atoms with Crippen LogP contribution in [0.2, 0.25) is 0 Å². The average molecular weight is 313 g/mol. The molecule has 0 bridgehead atoms. The lowest BCUT2D eigenvalue weighted by Crippen LogP contribution is -2.26. The molecule has 2 aromatic rings. The van der Waals surface area contributed by atoms with E-state index in [-0.39, 0.29) is 5.91 Å². The predicted molar refractivity (Wildman–Crippen MR) is 87.7 cm³/mol. The van der Waals surface area contributed by atoms with Crippen LogP contribution in [-0.4, -0.2) is 43.6 Å². The number of hydrogen-bond donors (Lipinski definition) is 0. The number of aromatic nitrogens is 4. The molecule has 1 saturated heterocycles. The fourth-order valence-corrected chi connectivity index (χ4v) is 2.98. The van der Waals surface area contributed by atoms with Crippen LogP contribution in [0.3, 0.4) is 0 Å². The molecule has 1 fully saturated rings. The van der Waals surface area contributed by atoms with E-state index in [1.165, 1.54) is 0 Å². The zero-order valence-corrected chi connectivity index (χ0v) is 13.9. The van der Waals surface area contributed by atoms with Crippen molar-refractivity contribution >= 4 is 5.91 Å². The van der Waals surface area contributed by atoms with Gasteiger partial charge in [0.15, 0.2) is 0 Å². The Balaban J connectivity index is 1.71. The molecule has 1 aliphatic rings. The lowest BCUT2D eigenvalue weighted by molar-refractivity contribution is -0.127. The van der Waals surface area contributed by atoms with E-state index in [0.29, 0.717) is 12.0 Å². The highest BCUT2D eigenvalue weighted by Crippen LogP contribution is 2.22. The topological polar surface area (TPSA) is 63.9 Å². The maximum atomic E-state index is 11.4. The number of nitrogens with zero attached hydrogens (tertiary/aromatic N) is 5. The monoisotopic (exact) mass is 313 g/mol. The summed E-state index contributed by atoms with van der Waals surface area (Å²) in [4.78, 5) is 22.4. The first-order chi connectivity index (χ1) is 11.0. The second-order valence-electron chi connectivity index (χ2n) is 6.52. The van der Waals surface area contributed by atoms with Crippen molar-refractivity contribution in [1.82, 2.24) is 24.6 Å². The summed E-state index contributed by atoms with van der Waals surface area (Å²) in [7, 11) is 0. The van der Waals surface area contributed by atoms with E-state index in [4.69, 9.17) is 4.98 Å². The molecule has 6 heteroatoms. The molecule has 122 valence electrons. The fourth-order valence-electron chi connectivity index (χ4n) is 2.98. The molecule has 0 aromatic carbocycles. The highest BCUT2D eigenvalue weighted by molar-refractivity contribution is 5.73. The molecule has 0 unspecified atom stereocenters. The van der Waals surface area contributed by atoms with E-state index in [2.05, 4.69) is 23.9 Å². The molecule has 2 aromatic heterocycles. The third-order valence-electron chi connectivity index (χ3n) is 4.34. The molecule has 1 atom stereocenters. The van der Waals surface area contributed by atoms with Crippen molar-refractivity contribution in [1.29, 1.82) is 0 Å². The van der Waals surface area contributed by atoms with Crippen LogP contribution in [0.15, 0.2) is 24.8 Å². The number of carbonyl (C=O) groups is 1. The van der Waals surface area contributed by atoms with Gasteiger partial charge >= 0.3 is 0 Å². The molecule has 6 nitrogen and oxygen atoms in total. The number of carbonyl (C=O) groups excluding carboxylic acids is 1. The zero-order chi connectivity index (χ0) is 16.4. The van der Waals surface area contributed by atoms with Gasteiger partial charge in [0.1, 0.15) is 0 Å². The van der Waals surface area contributed by atoms with Crippen LogP contribution in [0.25, 0.3) is 11.3 Å². The normalized spacial score (nSPS) is 17.9. The zero-order valence-electron chi connectivity index (χ0n) is 13.9. The maximum Gasteiger partial charge on any atom is 0.219 e. The number of amides is 1. The maximum absolute atomic E-state index is 11.4. The van der Waals surface area contributed by atoms with Gasteiger partial charge in [-0.2, -0.15) is 5.10 Å². The van der Waals surface area contributed by atoms with E-state index >= 15 is 0 Å². The standard InChI is InChI=1S/C17H23N5O/c1-12(2)22-11-15(7-19-22)17-9-18-8-16(20-17)6-14-4-5-21(10-14)13(3)23/h7-9,11-12,14H,4-6,10H2,1-3H3/t14-/m0/s1. The Morgan fingerprint density at radius 3 is 2.83 bits per heavy atom.